The Hall–Kier alpha value is -2.56. The van der Waals surface area contributed by atoms with Crippen LogP contribution >= 0.6 is 0 Å². The van der Waals surface area contributed by atoms with E-state index in [1.165, 1.54) is 37.4 Å². The van der Waals surface area contributed by atoms with Gasteiger partial charge >= 0.3 is 5.97 Å². The highest BCUT2D eigenvalue weighted by atomic mass is 19.1. The maximum Gasteiger partial charge on any atom is 0.336 e. The molecule has 0 heterocycles. The molecule has 0 saturated heterocycles. The average Bonchev–Trinajstić information content (AvgIpc) is 2.46. The highest BCUT2D eigenvalue weighted by Gasteiger charge is 2.11. The monoisotopic (exact) mass is 276 g/mol. The Morgan fingerprint density at radius 1 is 1.15 bits per heavy atom. The number of carbonyl (C=O) groups is 1. The molecule has 1 N–H and O–H groups in total. The van der Waals surface area contributed by atoms with Crippen LogP contribution in [0.1, 0.15) is 15.9 Å². The number of hydrogen-bond acceptors (Lipinski definition) is 3. The van der Waals surface area contributed by atoms with Crippen LogP contribution in [0.5, 0.6) is 11.5 Å². The predicted octanol–water partition coefficient (Wildman–Crippen LogP) is 3.11. The van der Waals surface area contributed by atoms with Gasteiger partial charge in [-0.1, -0.05) is 0 Å². The third kappa shape index (κ3) is 3.26. The van der Waals surface area contributed by atoms with Gasteiger partial charge in [-0.05, 0) is 42.5 Å². The number of methoxy groups -OCH3 is 1. The molecule has 0 bridgehead atoms. The lowest BCUT2D eigenvalue weighted by molar-refractivity contribution is 0.0694. The quantitative estimate of drug-likeness (QED) is 0.911. The number of rotatable bonds is 5. The van der Waals surface area contributed by atoms with Crippen LogP contribution in [0.3, 0.4) is 0 Å². The summed E-state index contributed by atoms with van der Waals surface area (Å²) in [6.07, 6.45) is 0. The summed E-state index contributed by atoms with van der Waals surface area (Å²) in [6, 6.07) is 10.2. The predicted molar refractivity (Wildman–Crippen MR) is 70.7 cm³/mol. The first-order valence-electron chi connectivity index (χ1n) is 5.88. The SMILES string of the molecule is COc1ccc(C(=O)O)c(COc2ccc(F)cc2)c1. The lowest BCUT2D eigenvalue weighted by atomic mass is 10.1. The van der Waals surface area contributed by atoms with Crippen LogP contribution < -0.4 is 9.47 Å². The lowest BCUT2D eigenvalue weighted by Crippen LogP contribution is -2.06. The van der Waals surface area contributed by atoms with Crippen molar-refractivity contribution in [2.75, 3.05) is 7.11 Å². The van der Waals surface area contributed by atoms with Gasteiger partial charge in [-0.15, -0.1) is 0 Å². The summed E-state index contributed by atoms with van der Waals surface area (Å²) >= 11 is 0. The molecule has 2 aromatic carbocycles. The number of aromatic carboxylic acids is 1. The second kappa shape index (κ2) is 6.06. The molecule has 0 amide bonds. The van der Waals surface area contributed by atoms with Gasteiger partial charge in [0.25, 0.3) is 0 Å². The minimum absolute atomic E-state index is 0.0600. The van der Waals surface area contributed by atoms with Crippen LogP contribution in [0.25, 0.3) is 0 Å². The van der Waals surface area contributed by atoms with Crippen molar-refractivity contribution >= 4 is 5.97 Å². The summed E-state index contributed by atoms with van der Waals surface area (Å²) < 4.78 is 23.3. The van der Waals surface area contributed by atoms with Crippen molar-refractivity contribution in [2.24, 2.45) is 0 Å². The lowest BCUT2D eigenvalue weighted by Gasteiger charge is -2.10. The van der Waals surface area contributed by atoms with E-state index in [2.05, 4.69) is 0 Å². The second-order valence-electron chi connectivity index (χ2n) is 4.07. The highest BCUT2D eigenvalue weighted by molar-refractivity contribution is 5.89. The van der Waals surface area contributed by atoms with E-state index < -0.39 is 5.97 Å². The van der Waals surface area contributed by atoms with Crippen LogP contribution in [-0.4, -0.2) is 18.2 Å². The summed E-state index contributed by atoms with van der Waals surface area (Å²) in [6.45, 7) is 0.0600. The van der Waals surface area contributed by atoms with E-state index in [0.29, 0.717) is 17.1 Å². The van der Waals surface area contributed by atoms with Gasteiger partial charge in [-0.3, -0.25) is 0 Å². The minimum Gasteiger partial charge on any atom is -0.497 e. The Labute approximate surface area is 115 Å². The first-order valence-corrected chi connectivity index (χ1v) is 5.88. The average molecular weight is 276 g/mol. The van der Waals surface area contributed by atoms with Gasteiger partial charge in [0.2, 0.25) is 0 Å². The van der Waals surface area contributed by atoms with E-state index in [-0.39, 0.29) is 18.0 Å². The van der Waals surface area contributed by atoms with Crippen molar-refractivity contribution in [3.05, 3.63) is 59.4 Å². The molecule has 0 saturated carbocycles. The number of hydrogen-bond donors (Lipinski definition) is 1. The number of ether oxygens (including phenoxy) is 2. The van der Waals surface area contributed by atoms with Crippen molar-refractivity contribution in [1.82, 2.24) is 0 Å². The van der Waals surface area contributed by atoms with Crippen molar-refractivity contribution < 1.29 is 23.8 Å². The standard InChI is InChI=1S/C15H13FO4/c1-19-13-6-7-14(15(17)18)10(8-13)9-20-12-4-2-11(16)3-5-12/h2-8H,9H2,1H3,(H,17,18). The topological polar surface area (TPSA) is 55.8 Å². The second-order valence-corrected chi connectivity index (χ2v) is 4.07. The number of carboxylic acid groups (broad SMARTS) is 1. The van der Waals surface area contributed by atoms with E-state index in [9.17, 15) is 9.18 Å². The summed E-state index contributed by atoms with van der Waals surface area (Å²) in [5, 5.41) is 9.12. The number of carboxylic acids is 1. The third-order valence-electron chi connectivity index (χ3n) is 2.75. The van der Waals surface area contributed by atoms with Crippen LogP contribution in [0.15, 0.2) is 42.5 Å². The van der Waals surface area contributed by atoms with Crippen molar-refractivity contribution in [3.8, 4) is 11.5 Å². The van der Waals surface area contributed by atoms with Gasteiger partial charge in [0.1, 0.15) is 23.9 Å². The Morgan fingerprint density at radius 2 is 1.80 bits per heavy atom. The van der Waals surface area contributed by atoms with E-state index in [1.54, 1.807) is 12.1 Å². The zero-order valence-electron chi connectivity index (χ0n) is 10.8. The largest absolute Gasteiger partial charge is 0.497 e. The fraction of sp³-hybridized carbons (Fsp3) is 0.133. The molecule has 0 fully saturated rings. The van der Waals surface area contributed by atoms with Crippen LogP contribution in [0, 0.1) is 5.82 Å². The van der Waals surface area contributed by atoms with Crippen molar-refractivity contribution in [2.45, 2.75) is 6.61 Å². The van der Waals surface area contributed by atoms with E-state index in [4.69, 9.17) is 14.6 Å². The van der Waals surface area contributed by atoms with E-state index in [0.717, 1.165) is 0 Å². The van der Waals surface area contributed by atoms with E-state index >= 15 is 0 Å². The maximum absolute atomic E-state index is 12.8. The van der Waals surface area contributed by atoms with Crippen LogP contribution in [0.4, 0.5) is 4.39 Å². The zero-order valence-corrected chi connectivity index (χ0v) is 10.8. The molecule has 0 unspecified atom stereocenters. The molecule has 0 radical (unpaired) electrons. The molecule has 0 aliphatic heterocycles. The normalized spacial score (nSPS) is 10.1. The number of benzene rings is 2. The van der Waals surface area contributed by atoms with Gasteiger partial charge < -0.3 is 14.6 Å². The molecular weight excluding hydrogens is 263 g/mol. The fourth-order valence-electron chi connectivity index (χ4n) is 1.72. The number of halogens is 1. The highest BCUT2D eigenvalue weighted by Crippen LogP contribution is 2.20. The van der Waals surface area contributed by atoms with Crippen LogP contribution in [-0.2, 0) is 6.61 Å². The van der Waals surface area contributed by atoms with E-state index in [1.807, 2.05) is 0 Å². The van der Waals surface area contributed by atoms with Crippen molar-refractivity contribution in [3.63, 3.8) is 0 Å². The molecule has 104 valence electrons. The minimum atomic E-state index is -1.04. The Balaban J connectivity index is 2.18. The molecule has 4 nitrogen and oxygen atoms in total. The Morgan fingerprint density at radius 3 is 2.40 bits per heavy atom. The van der Waals surface area contributed by atoms with Gasteiger partial charge in [0.15, 0.2) is 0 Å². The molecule has 0 aromatic heterocycles. The molecule has 5 heteroatoms. The van der Waals surface area contributed by atoms with Gasteiger partial charge in [0.05, 0.1) is 12.7 Å². The molecule has 0 atom stereocenters. The molecule has 2 aromatic rings. The summed E-state index contributed by atoms with van der Waals surface area (Å²) in [7, 11) is 1.50. The van der Waals surface area contributed by atoms with Crippen LogP contribution in [0.2, 0.25) is 0 Å². The van der Waals surface area contributed by atoms with Gasteiger partial charge in [0, 0.05) is 5.56 Å². The summed E-state index contributed by atoms with van der Waals surface area (Å²) in [4.78, 5) is 11.1. The Kier molecular flexibility index (Phi) is 4.20. The zero-order chi connectivity index (χ0) is 14.5. The summed E-state index contributed by atoms with van der Waals surface area (Å²) in [5.41, 5.74) is 0.633. The molecule has 0 aliphatic carbocycles. The van der Waals surface area contributed by atoms with Gasteiger partial charge in [-0.2, -0.15) is 0 Å². The van der Waals surface area contributed by atoms with Gasteiger partial charge in [-0.25, -0.2) is 9.18 Å². The molecule has 20 heavy (non-hydrogen) atoms. The van der Waals surface area contributed by atoms with Crippen molar-refractivity contribution in [1.29, 1.82) is 0 Å². The first kappa shape index (κ1) is 13.9. The maximum atomic E-state index is 12.8. The molecule has 0 spiro atoms. The first-order chi connectivity index (χ1) is 9.60. The smallest absolute Gasteiger partial charge is 0.336 e. The molecule has 0 aliphatic rings. The Bertz CT molecular complexity index is 608. The fourth-order valence-corrected chi connectivity index (χ4v) is 1.72. The summed E-state index contributed by atoms with van der Waals surface area (Å²) in [5.74, 6) is -0.381. The molecule has 2 rings (SSSR count). The third-order valence-corrected chi connectivity index (χ3v) is 2.75. The molecular formula is C15H13FO4.